The first-order valence-corrected chi connectivity index (χ1v) is 2.65. The standard InChI is InChI=1S/C5H14NO2/c1-5-6(2,7-3)8-4/h5H2,1-4H3/q+1. The zero-order valence-corrected chi connectivity index (χ0v) is 5.97. The van der Waals surface area contributed by atoms with Crippen molar-refractivity contribution in [2.45, 2.75) is 6.92 Å². The van der Waals surface area contributed by atoms with E-state index in [1.807, 2.05) is 14.0 Å². The molecule has 3 heteroatoms. The molecule has 3 nitrogen and oxygen atoms in total. The van der Waals surface area contributed by atoms with Crippen LogP contribution in [0.3, 0.4) is 0 Å². The van der Waals surface area contributed by atoms with Gasteiger partial charge in [0.2, 0.25) is 0 Å². The van der Waals surface area contributed by atoms with E-state index in [-0.39, 0.29) is 4.81 Å². The summed E-state index contributed by atoms with van der Waals surface area (Å²) in [7, 11) is 5.08. The van der Waals surface area contributed by atoms with Gasteiger partial charge in [0.05, 0.1) is 14.2 Å². The molecule has 0 heterocycles. The topological polar surface area (TPSA) is 18.5 Å². The van der Waals surface area contributed by atoms with Crippen molar-refractivity contribution in [3.8, 4) is 0 Å². The molecule has 0 atom stereocenters. The summed E-state index contributed by atoms with van der Waals surface area (Å²) in [4.78, 5) is 10.1. The molecule has 0 aliphatic carbocycles. The molecule has 0 saturated carbocycles. The highest BCUT2D eigenvalue weighted by molar-refractivity contribution is 3.97. The maximum absolute atomic E-state index is 4.95. The van der Waals surface area contributed by atoms with Crippen LogP contribution in [0.4, 0.5) is 0 Å². The van der Waals surface area contributed by atoms with Crippen LogP contribution < -0.4 is 0 Å². The van der Waals surface area contributed by atoms with Crippen molar-refractivity contribution in [1.82, 2.24) is 0 Å². The molecule has 0 aliphatic rings. The number of nitrogens with zero attached hydrogens (tertiary/aromatic N) is 1. The third-order valence-electron chi connectivity index (χ3n) is 1.35. The van der Waals surface area contributed by atoms with Crippen LogP contribution in [-0.4, -0.2) is 32.6 Å². The van der Waals surface area contributed by atoms with Crippen molar-refractivity contribution in [3.63, 3.8) is 0 Å². The molecule has 0 aromatic carbocycles. The Balaban J connectivity index is 3.58. The summed E-state index contributed by atoms with van der Waals surface area (Å²) >= 11 is 0. The van der Waals surface area contributed by atoms with Gasteiger partial charge in [-0.2, -0.15) is 9.68 Å². The number of hydroxylamine groups is 4. The van der Waals surface area contributed by atoms with E-state index in [9.17, 15) is 0 Å². The Bertz CT molecular complexity index is 53.2. The van der Waals surface area contributed by atoms with Crippen molar-refractivity contribution in [3.05, 3.63) is 0 Å². The summed E-state index contributed by atoms with van der Waals surface area (Å²) in [5, 5.41) is 0. The van der Waals surface area contributed by atoms with Crippen molar-refractivity contribution >= 4 is 0 Å². The van der Waals surface area contributed by atoms with Gasteiger partial charge >= 0.3 is 0 Å². The molecule has 0 rings (SSSR count). The molecule has 0 N–H and O–H groups in total. The molecule has 0 aromatic rings. The molecular formula is C5H14NO2+. The summed E-state index contributed by atoms with van der Waals surface area (Å²) in [6, 6.07) is 0. The van der Waals surface area contributed by atoms with E-state index < -0.39 is 0 Å². The Labute approximate surface area is 50.3 Å². The Morgan fingerprint density at radius 2 is 1.62 bits per heavy atom. The molecular weight excluding hydrogens is 106 g/mol. The number of hydrogen-bond acceptors (Lipinski definition) is 2. The summed E-state index contributed by atoms with van der Waals surface area (Å²) < 4.78 is 0. The van der Waals surface area contributed by atoms with Gasteiger partial charge in [0, 0.05) is 0 Å². The van der Waals surface area contributed by atoms with Gasteiger partial charge in [-0.25, -0.2) is 0 Å². The molecule has 0 amide bonds. The minimum atomic E-state index is 0.208. The first kappa shape index (κ1) is 7.88. The Hall–Kier alpha value is -0.120. The fourth-order valence-corrected chi connectivity index (χ4v) is 0.333. The van der Waals surface area contributed by atoms with Gasteiger partial charge in [0.25, 0.3) is 0 Å². The lowest BCUT2D eigenvalue weighted by atomic mass is 10.7. The first-order valence-electron chi connectivity index (χ1n) is 2.65. The Kier molecular flexibility index (Phi) is 2.97. The smallest absolute Gasteiger partial charge is 0.139 e. The highest BCUT2D eigenvalue weighted by atomic mass is 17.0. The SMILES string of the molecule is CC[N+](C)(OC)OC. The lowest BCUT2D eigenvalue weighted by molar-refractivity contribution is -1.23. The Morgan fingerprint density at radius 1 is 1.25 bits per heavy atom. The monoisotopic (exact) mass is 120 g/mol. The number of hydrogen-bond donors (Lipinski definition) is 0. The van der Waals surface area contributed by atoms with Gasteiger partial charge in [-0.3, -0.25) is 0 Å². The average Bonchev–Trinajstić information content (AvgIpc) is 1.87. The van der Waals surface area contributed by atoms with Gasteiger partial charge < -0.3 is 0 Å². The molecule has 0 unspecified atom stereocenters. The number of quaternary nitrogens is 1. The van der Waals surface area contributed by atoms with Crippen LogP contribution in [0.2, 0.25) is 0 Å². The normalized spacial score (nSPS) is 12.0. The molecule has 0 spiro atoms. The van der Waals surface area contributed by atoms with Crippen LogP contribution in [0, 0.1) is 0 Å². The van der Waals surface area contributed by atoms with Crippen LogP contribution >= 0.6 is 0 Å². The molecule has 0 saturated heterocycles. The predicted octanol–water partition coefficient (Wildman–Crippen LogP) is 0.576. The van der Waals surface area contributed by atoms with Crippen LogP contribution in [0.25, 0.3) is 0 Å². The third kappa shape index (κ3) is 1.78. The van der Waals surface area contributed by atoms with E-state index in [1.165, 1.54) is 0 Å². The summed E-state index contributed by atoms with van der Waals surface area (Å²) in [5.41, 5.74) is 0. The molecule has 0 fully saturated rings. The van der Waals surface area contributed by atoms with Crippen LogP contribution in [-0.2, 0) is 9.68 Å². The molecule has 50 valence electrons. The third-order valence-corrected chi connectivity index (χ3v) is 1.35. The Morgan fingerprint density at radius 3 is 1.62 bits per heavy atom. The summed E-state index contributed by atoms with van der Waals surface area (Å²) in [6.07, 6.45) is 0. The van der Waals surface area contributed by atoms with E-state index in [2.05, 4.69) is 0 Å². The van der Waals surface area contributed by atoms with Crippen molar-refractivity contribution in [1.29, 1.82) is 0 Å². The second-order valence-electron chi connectivity index (χ2n) is 1.70. The fraction of sp³-hybridized carbons (Fsp3) is 1.00. The second kappa shape index (κ2) is 3.02. The van der Waals surface area contributed by atoms with Crippen LogP contribution in [0.1, 0.15) is 6.92 Å². The average molecular weight is 120 g/mol. The molecule has 0 aliphatic heterocycles. The zero-order valence-electron chi connectivity index (χ0n) is 5.97. The van der Waals surface area contributed by atoms with Gasteiger partial charge in [-0.1, -0.05) is 0 Å². The lowest BCUT2D eigenvalue weighted by Crippen LogP contribution is -2.41. The fourth-order valence-electron chi connectivity index (χ4n) is 0.333. The van der Waals surface area contributed by atoms with Crippen molar-refractivity contribution in [2.24, 2.45) is 0 Å². The van der Waals surface area contributed by atoms with Crippen LogP contribution in [0.5, 0.6) is 0 Å². The van der Waals surface area contributed by atoms with Crippen molar-refractivity contribution in [2.75, 3.05) is 27.8 Å². The van der Waals surface area contributed by atoms with Gasteiger partial charge in [-0.15, -0.1) is 0 Å². The van der Waals surface area contributed by atoms with E-state index >= 15 is 0 Å². The molecule has 0 bridgehead atoms. The summed E-state index contributed by atoms with van der Waals surface area (Å²) in [5.74, 6) is 0. The summed E-state index contributed by atoms with van der Waals surface area (Å²) in [6.45, 7) is 2.81. The highest BCUT2D eigenvalue weighted by Crippen LogP contribution is 1.99. The largest absolute Gasteiger partial charge is 0.172 e. The van der Waals surface area contributed by atoms with Gasteiger partial charge in [0.15, 0.2) is 0 Å². The number of rotatable bonds is 3. The van der Waals surface area contributed by atoms with Crippen LogP contribution in [0.15, 0.2) is 0 Å². The minimum Gasteiger partial charge on any atom is -0.172 e. The van der Waals surface area contributed by atoms with E-state index in [1.54, 1.807) is 14.2 Å². The second-order valence-corrected chi connectivity index (χ2v) is 1.70. The first-order chi connectivity index (χ1) is 3.68. The van der Waals surface area contributed by atoms with E-state index in [4.69, 9.17) is 9.68 Å². The van der Waals surface area contributed by atoms with E-state index in [0.29, 0.717) is 0 Å². The molecule has 0 radical (unpaired) electrons. The molecule has 0 aromatic heterocycles. The minimum absolute atomic E-state index is 0.208. The lowest BCUT2D eigenvalue weighted by Gasteiger charge is -2.22. The van der Waals surface area contributed by atoms with Gasteiger partial charge in [0.1, 0.15) is 13.6 Å². The maximum Gasteiger partial charge on any atom is 0.139 e. The quantitative estimate of drug-likeness (QED) is 0.400. The van der Waals surface area contributed by atoms with Crippen molar-refractivity contribution < 1.29 is 14.5 Å². The predicted molar refractivity (Wildman–Crippen MR) is 30.7 cm³/mol. The maximum atomic E-state index is 4.95. The van der Waals surface area contributed by atoms with E-state index in [0.717, 1.165) is 6.54 Å². The molecule has 8 heavy (non-hydrogen) atoms. The zero-order chi connectivity index (χ0) is 6.62. The highest BCUT2D eigenvalue weighted by Gasteiger charge is 2.17. The van der Waals surface area contributed by atoms with Gasteiger partial charge in [-0.05, 0) is 11.7 Å².